The number of rotatable bonds is 1. The fourth-order valence-electron chi connectivity index (χ4n) is 0.968. The van der Waals surface area contributed by atoms with Crippen molar-refractivity contribution in [2.45, 2.75) is 0 Å². The molecule has 6 nitrogen and oxygen atoms in total. The summed E-state index contributed by atoms with van der Waals surface area (Å²) in [4.78, 5) is 16.6. The summed E-state index contributed by atoms with van der Waals surface area (Å²) in [5.41, 5.74) is 1.37. The molecule has 2 rings (SSSR count). The Balaban J connectivity index is 0.000000317. The third kappa shape index (κ3) is 4.14. The zero-order valence-electron chi connectivity index (χ0n) is 9.15. The van der Waals surface area contributed by atoms with Gasteiger partial charge in [0.25, 0.3) is 5.09 Å². The van der Waals surface area contributed by atoms with Crippen LogP contribution in [0.1, 0.15) is 1.37 Å². The van der Waals surface area contributed by atoms with Crippen LogP contribution in [0.3, 0.4) is 0 Å². The Morgan fingerprint density at radius 1 is 1.19 bits per heavy atom. The quantitative estimate of drug-likeness (QED) is 0.584. The maximum absolute atomic E-state index is 8.36. The zero-order valence-corrected chi connectivity index (χ0v) is 8.15. The van der Waals surface area contributed by atoms with E-state index < -0.39 is 5.09 Å². The van der Waals surface area contributed by atoms with Crippen LogP contribution >= 0.6 is 0 Å². The van der Waals surface area contributed by atoms with Crippen LogP contribution in [0.4, 0.5) is 0 Å². The highest BCUT2D eigenvalue weighted by atomic mass is 16.9. The van der Waals surface area contributed by atoms with Gasteiger partial charge in [-0.25, -0.2) is 0 Å². The first-order valence-electron chi connectivity index (χ1n) is 4.77. The summed E-state index contributed by atoms with van der Waals surface area (Å²) in [7, 11) is 0. The summed E-state index contributed by atoms with van der Waals surface area (Å²) in [5, 5.41) is 13.6. The van der Waals surface area contributed by atoms with Crippen LogP contribution in [0.5, 0.6) is 0 Å². The molecule has 0 atom stereocenters. The van der Waals surface area contributed by atoms with Crippen molar-refractivity contribution in [1.82, 2.24) is 9.97 Å². The highest BCUT2D eigenvalue weighted by Gasteiger charge is 1.95. The SMILES string of the molecule is O=[N+]([O-])O.[2H]c1cccnc1-c1ccccn1. The van der Waals surface area contributed by atoms with Crippen molar-refractivity contribution in [1.29, 1.82) is 0 Å². The van der Waals surface area contributed by atoms with Crippen LogP contribution < -0.4 is 0 Å². The van der Waals surface area contributed by atoms with E-state index in [1.54, 1.807) is 24.5 Å². The lowest BCUT2D eigenvalue weighted by Crippen LogP contribution is -1.83. The minimum atomic E-state index is -1.50. The first kappa shape index (κ1) is 10.0. The lowest BCUT2D eigenvalue weighted by molar-refractivity contribution is -0.742. The van der Waals surface area contributed by atoms with Gasteiger partial charge in [0.15, 0.2) is 0 Å². The third-order valence-corrected chi connectivity index (χ3v) is 1.51. The number of nitrogens with zero attached hydrogens (tertiary/aromatic N) is 3. The van der Waals surface area contributed by atoms with Crippen LogP contribution in [0.2, 0.25) is 0 Å². The summed E-state index contributed by atoms with van der Waals surface area (Å²) in [5.74, 6) is 0. The van der Waals surface area contributed by atoms with Gasteiger partial charge in [-0.15, -0.1) is 10.1 Å². The number of aromatic nitrogens is 2. The molecule has 2 heterocycles. The molecule has 6 heteroatoms. The van der Waals surface area contributed by atoms with Crippen LogP contribution in [0, 0.1) is 10.1 Å². The maximum Gasteiger partial charge on any atom is 0.291 e. The molecule has 0 bridgehead atoms. The van der Waals surface area contributed by atoms with Gasteiger partial charge in [-0.3, -0.25) is 9.97 Å². The molecule has 0 saturated heterocycles. The summed E-state index contributed by atoms with van der Waals surface area (Å²) in [6.45, 7) is 0. The van der Waals surface area contributed by atoms with Gasteiger partial charge >= 0.3 is 0 Å². The van der Waals surface area contributed by atoms with E-state index in [4.69, 9.17) is 16.7 Å². The molecule has 0 aliphatic heterocycles. The highest BCUT2D eigenvalue weighted by Crippen LogP contribution is 2.10. The molecule has 82 valence electrons. The fourth-order valence-corrected chi connectivity index (χ4v) is 0.968. The molecule has 0 amide bonds. The molecule has 0 unspecified atom stereocenters. The Bertz CT molecular complexity index is 489. The normalized spacial score (nSPS) is 9.62. The topological polar surface area (TPSA) is 89.2 Å². The first-order valence-corrected chi connectivity index (χ1v) is 4.27. The smallest absolute Gasteiger partial charge is 0.291 e. The van der Waals surface area contributed by atoms with Gasteiger partial charge in [0.2, 0.25) is 0 Å². The van der Waals surface area contributed by atoms with Crippen molar-refractivity contribution < 1.29 is 11.7 Å². The molecule has 16 heavy (non-hydrogen) atoms. The second kappa shape index (κ2) is 6.07. The molecule has 0 aliphatic rings. The van der Waals surface area contributed by atoms with Gasteiger partial charge in [-0.2, -0.15) is 0 Å². The predicted octanol–water partition coefficient (Wildman–Crippen LogP) is 1.80. The second-order valence-electron chi connectivity index (χ2n) is 2.58. The average molecular weight is 220 g/mol. The number of pyridine rings is 2. The van der Waals surface area contributed by atoms with Crippen molar-refractivity contribution in [2.75, 3.05) is 0 Å². The van der Waals surface area contributed by atoms with E-state index in [-0.39, 0.29) is 0 Å². The van der Waals surface area contributed by atoms with Gasteiger partial charge in [-0.05, 0) is 24.2 Å². The fraction of sp³-hybridized carbons (Fsp3) is 0. The summed E-state index contributed by atoms with van der Waals surface area (Å²) < 4.78 is 7.61. The summed E-state index contributed by atoms with van der Waals surface area (Å²) in [6, 6.07) is 9.43. The standard InChI is InChI=1S/C10H8N2.HNO3/c1-3-7-11-9(5-1)10-6-2-4-8-12-10;2-1(3)4/h1-8H;(H,2,3,4)/i5D;. The molecule has 1 N–H and O–H groups in total. The van der Waals surface area contributed by atoms with Crippen molar-refractivity contribution in [3.63, 3.8) is 0 Å². The molecule has 2 aromatic rings. The van der Waals surface area contributed by atoms with Crippen LogP contribution in [0.25, 0.3) is 11.4 Å². The highest BCUT2D eigenvalue weighted by molar-refractivity contribution is 5.52. The van der Waals surface area contributed by atoms with E-state index in [1.807, 2.05) is 18.2 Å². The van der Waals surface area contributed by atoms with Crippen molar-refractivity contribution >= 4 is 0 Å². The van der Waals surface area contributed by atoms with E-state index in [0.717, 1.165) is 5.69 Å². The largest absolute Gasteiger partial charge is 0.328 e. The predicted molar refractivity (Wildman–Crippen MR) is 56.2 cm³/mol. The van der Waals surface area contributed by atoms with E-state index >= 15 is 0 Å². The molecular formula is C10H9N3O3. The van der Waals surface area contributed by atoms with Gasteiger partial charge in [0.1, 0.15) is 0 Å². The van der Waals surface area contributed by atoms with Crippen LogP contribution in [-0.4, -0.2) is 20.3 Å². The minimum absolute atomic E-state index is 0.404. The Kier molecular flexibility index (Phi) is 3.81. The van der Waals surface area contributed by atoms with Gasteiger partial charge in [0, 0.05) is 12.4 Å². The lowest BCUT2D eigenvalue weighted by atomic mass is 10.2. The molecule has 0 saturated carbocycles. The first-order chi connectivity index (χ1) is 8.11. The van der Waals surface area contributed by atoms with E-state index in [0.29, 0.717) is 11.7 Å². The molecule has 0 aromatic carbocycles. The van der Waals surface area contributed by atoms with Crippen molar-refractivity contribution in [3.8, 4) is 11.4 Å². The molecular weight excluding hydrogens is 210 g/mol. The van der Waals surface area contributed by atoms with E-state index in [1.165, 1.54) is 0 Å². The van der Waals surface area contributed by atoms with Crippen molar-refractivity contribution in [2.24, 2.45) is 0 Å². The average Bonchev–Trinajstić information content (AvgIpc) is 2.30. The maximum atomic E-state index is 8.36. The Morgan fingerprint density at radius 2 is 1.75 bits per heavy atom. The third-order valence-electron chi connectivity index (χ3n) is 1.51. The minimum Gasteiger partial charge on any atom is -0.328 e. The lowest BCUT2D eigenvalue weighted by Gasteiger charge is -1.96. The van der Waals surface area contributed by atoms with Gasteiger partial charge in [0.05, 0.1) is 12.8 Å². The van der Waals surface area contributed by atoms with Gasteiger partial charge in [-0.1, -0.05) is 12.1 Å². The summed E-state index contributed by atoms with van der Waals surface area (Å²) >= 11 is 0. The van der Waals surface area contributed by atoms with Crippen LogP contribution in [0.15, 0.2) is 48.8 Å². The summed E-state index contributed by atoms with van der Waals surface area (Å²) in [6.07, 6.45) is 3.37. The zero-order chi connectivity index (χ0) is 12.7. The molecule has 2 aromatic heterocycles. The van der Waals surface area contributed by atoms with E-state index in [2.05, 4.69) is 9.97 Å². The molecule has 0 radical (unpaired) electrons. The molecule has 0 aliphatic carbocycles. The Labute approximate surface area is 92.7 Å². The monoisotopic (exact) mass is 220 g/mol. The van der Waals surface area contributed by atoms with Crippen molar-refractivity contribution in [3.05, 3.63) is 58.9 Å². The Morgan fingerprint density at radius 3 is 2.25 bits per heavy atom. The Hall–Kier alpha value is -2.50. The second-order valence-corrected chi connectivity index (χ2v) is 2.58. The van der Waals surface area contributed by atoms with Gasteiger partial charge < -0.3 is 5.21 Å². The number of hydrogen-bond acceptors (Lipinski definition) is 4. The molecule has 0 fully saturated rings. The number of hydrogen-bond donors (Lipinski definition) is 1. The van der Waals surface area contributed by atoms with Crippen LogP contribution in [-0.2, 0) is 0 Å². The molecule has 0 spiro atoms. The van der Waals surface area contributed by atoms with E-state index in [9.17, 15) is 0 Å².